The maximum Gasteiger partial charge on any atom is 0.234 e. The third-order valence-corrected chi connectivity index (χ3v) is 4.91. The van der Waals surface area contributed by atoms with Crippen LogP contribution in [0.1, 0.15) is 32.6 Å². The molecule has 7 heteroatoms. The fraction of sp³-hybridized carbons (Fsp3) is 0.882. The number of amides is 2. The van der Waals surface area contributed by atoms with Crippen molar-refractivity contribution in [3.05, 3.63) is 0 Å². The van der Waals surface area contributed by atoms with Crippen LogP contribution in [0.15, 0.2) is 0 Å². The third kappa shape index (κ3) is 6.03. The summed E-state index contributed by atoms with van der Waals surface area (Å²) in [5.41, 5.74) is -0.865. The van der Waals surface area contributed by atoms with Gasteiger partial charge in [0.2, 0.25) is 11.8 Å². The zero-order valence-corrected chi connectivity index (χ0v) is 14.9. The van der Waals surface area contributed by atoms with Crippen LogP contribution in [-0.2, 0) is 14.3 Å². The first-order valence-corrected chi connectivity index (χ1v) is 8.90. The van der Waals surface area contributed by atoms with Crippen molar-refractivity contribution in [1.29, 1.82) is 0 Å². The Kier molecular flexibility index (Phi) is 7.01. The maximum atomic E-state index is 12.3. The molecular formula is C17H31N3O4. The Morgan fingerprint density at radius 2 is 1.92 bits per heavy atom. The standard InChI is InChI=1S/C17H31N3O4/c1-17(23,14-4-5-14)12-16(22)20-9-7-19(8-10-20)13-15(21)18-6-3-11-24-2/h14,23H,3-13H2,1-2H3,(H,18,21). The number of aliphatic hydroxyl groups is 1. The van der Waals surface area contributed by atoms with E-state index in [0.29, 0.717) is 45.9 Å². The van der Waals surface area contributed by atoms with E-state index in [2.05, 4.69) is 10.2 Å². The Balaban J connectivity index is 1.63. The van der Waals surface area contributed by atoms with E-state index in [1.165, 1.54) is 0 Å². The molecule has 2 N–H and O–H groups in total. The molecule has 7 nitrogen and oxygen atoms in total. The minimum absolute atomic E-state index is 0.0162. The molecule has 1 saturated carbocycles. The van der Waals surface area contributed by atoms with Crippen molar-refractivity contribution in [2.75, 3.05) is 53.0 Å². The van der Waals surface area contributed by atoms with Gasteiger partial charge in [0.15, 0.2) is 0 Å². The highest BCUT2D eigenvalue weighted by Crippen LogP contribution is 2.41. The highest BCUT2D eigenvalue weighted by atomic mass is 16.5. The van der Waals surface area contributed by atoms with Crippen molar-refractivity contribution in [3.8, 4) is 0 Å². The average Bonchev–Trinajstić information content (AvgIpc) is 3.37. The van der Waals surface area contributed by atoms with Gasteiger partial charge in [-0.3, -0.25) is 14.5 Å². The molecule has 0 bridgehead atoms. The van der Waals surface area contributed by atoms with Crippen LogP contribution in [0.4, 0.5) is 0 Å². The van der Waals surface area contributed by atoms with Gasteiger partial charge in [-0.2, -0.15) is 0 Å². The van der Waals surface area contributed by atoms with Crippen molar-refractivity contribution in [2.45, 2.75) is 38.2 Å². The SMILES string of the molecule is COCCCNC(=O)CN1CCN(C(=O)CC(C)(O)C2CC2)CC1. The van der Waals surface area contributed by atoms with Gasteiger partial charge in [0, 0.05) is 46.4 Å². The number of methoxy groups -OCH3 is 1. The molecule has 2 rings (SSSR count). The third-order valence-electron chi connectivity index (χ3n) is 4.91. The molecule has 1 aliphatic carbocycles. The Hall–Kier alpha value is -1.18. The smallest absolute Gasteiger partial charge is 0.234 e. The molecule has 0 aromatic rings. The van der Waals surface area contributed by atoms with Gasteiger partial charge in [0.1, 0.15) is 0 Å². The second-order valence-electron chi connectivity index (χ2n) is 7.16. The van der Waals surface area contributed by atoms with Crippen LogP contribution < -0.4 is 5.32 Å². The number of nitrogens with zero attached hydrogens (tertiary/aromatic N) is 2. The summed E-state index contributed by atoms with van der Waals surface area (Å²) >= 11 is 0. The molecule has 1 unspecified atom stereocenters. The quantitative estimate of drug-likeness (QED) is 0.569. The number of ether oxygens (including phenoxy) is 1. The summed E-state index contributed by atoms with van der Waals surface area (Å²) < 4.78 is 4.94. The van der Waals surface area contributed by atoms with Crippen molar-refractivity contribution < 1.29 is 19.4 Å². The fourth-order valence-corrected chi connectivity index (χ4v) is 3.13. The molecule has 0 radical (unpaired) electrons. The summed E-state index contributed by atoms with van der Waals surface area (Å²) in [5.74, 6) is 0.322. The lowest BCUT2D eigenvalue weighted by Gasteiger charge is -2.36. The lowest BCUT2D eigenvalue weighted by atomic mass is 9.95. The van der Waals surface area contributed by atoms with Gasteiger partial charge in [-0.1, -0.05) is 0 Å². The van der Waals surface area contributed by atoms with Gasteiger partial charge in [-0.05, 0) is 32.1 Å². The Morgan fingerprint density at radius 1 is 1.25 bits per heavy atom. The first kappa shape index (κ1) is 19.1. The van der Waals surface area contributed by atoms with Crippen LogP contribution >= 0.6 is 0 Å². The average molecular weight is 341 g/mol. The molecule has 1 aliphatic heterocycles. The minimum Gasteiger partial charge on any atom is -0.389 e. The van der Waals surface area contributed by atoms with Crippen molar-refractivity contribution in [1.82, 2.24) is 15.1 Å². The van der Waals surface area contributed by atoms with Crippen LogP contribution in [0.2, 0.25) is 0 Å². The van der Waals surface area contributed by atoms with E-state index in [1.54, 1.807) is 14.0 Å². The van der Waals surface area contributed by atoms with E-state index in [1.807, 2.05) is 4.90 Å². The summed E-state index contributed by atoms with van der Waals surface area (Å²) in [6, 6.07) is 0. The highest BCUT2D eigenvalue weighted by molar-refractivity contribution is 5.78. The van der Waals surface area contributed by atoms with Crippen LogP contribution in [0.25, 0.3) is 0 Å². The van der Waals surface area contributed by atoms with E-state index >= 15 is 0 Å². The normalized spacial score (nSPS) is 21.4. The van der Waals surface area contributed by atoms with Crippen molar-refractivity contribution >= 4 is 11.8 Å². The van der Waals surface area contributed by atoms with E-state index in [-0.39, 0.29) is 24.2 Å². The van der Waals surface area contributed by atoms with Crippen LogP contribution in [0, 0.1) is 5.92 Å². The van der Waals surface area contributed by atoms with Crippen LogP contribution in [0.3, 0.4) is 0 Å². The molecule has 24 heavy (non-hydrogen) atoms. The first-order chi connectivity index (χ1) is 11.4. The van der Waals surface area contributed by atoms with E-state index in [0.717, 1.165) is 19.3 Å². The number of carbonyl (C=O) groups excluding carboxylic acids is 2. The number of piperazine rings is 1. The summed E-state index contributed by atoms with van der Waals surface area (Å²) in [6.45, 7) is 6.05. The predicted molar refractivity (Wildman–Crippen MR) is 90.5 cm³/mol. The molecule has 0 aromatic carbocycles. The molecule has 0 spiro atoms. The van der Waals surface area contributed by atoms with Crippen molar-refractivity contribution in [2.24, 2.45) is 5.92 Å². The highest BCUT2D eigenvalue weighted by Gasteiger charge is 2.42. The summed E-state index contributed by atoms with van der Waals surface area (Å²) in [4.78, 5) is 28.1. The molecule has 138 valence electrons. The number of nitrogens with one attached hydrogen (secondary N) is 1. The van der Waals surface area contributed by atoms with E-state index in [9.17, 15) is 14.7 Å². The molecule has 1 atom stereocenters. The Morgan fingerprint density at radius 3 is 2.50 bits per heavy atom. The Labute approximate surface area is 144 Å². The number of carbonyl (C=O) groups is 2. The number of hydrogen-bond donors (Lipinski definition) is 2. The topological polar surface area (TPSA) is 82.1 Å². The number of hydrogen-bond acceptors (Lipinski definition) is 5. The van der Waals surface area contributed by atoms with Gasteiger partial charge >= 0.3 is 0 Å². The molecule has 0 aromatic heterocycles. The second-order valence-corrected chi connectivity index (χ2v) is 7.16. The van der Waals surface area contributed by atoms with Gasteiger partial charge in [-0.15, -0.1) is 0 Å². The zero-order valence-electron chi connectivity index (χ0n) is 14.9. The Bertz CT molecular complexity index is 430. The largest absolute Gasteiger partial charge is 0.389 e. The molecular weight excluding hydrogens is 310 g/mol. The summed E-state index contributed by atoms with van der Waals surface area (Å²) in [5, 5.41) is 13.2. The van der Waals surface area contributed by atoms with E-state index in [4.69, 9.17) is 4.74 Å². The fourth-order valence-electron chi connectivity index (χ4n) is 3.13. The van der Waals surface area contributed by atoms with Crippen LogP contribution in [-0.4, -0.2) is 85.3 Å². The van der Waals surface area contributed by atoms with Gasteiger partial charge in [-0.25, -0.2) is 0 Å². The lowest BCUT2D eigenvalue weighted by molar-refractivity contribution is -0.138. The van der Waals surface area contributed by atoms with Crippen molar-refractivity contribution in [3.63, 3.8) is 0 Å². The molecule has 1 heterocycles. The van der Waals surface area contributed by atoms with Gasteiger partial charge in [0.25, 0.3) is 0 Å². The number of rotatable bonds is 9. The molecule has 2 fully saturated rings. The molecule has 1 saturated heterocycles. The summed E-state index contributed by atoms with van der Waals surface area (Å²) in [7, 11) is 1.65. The van der Waals surface area contributed by atoms with Gasteiger partial charge < -0.3 is 20.1 Å². The van der Waals surface area contributed by atoms with Crippen LogP contribution in [0.5, 0.6) is 0 Å². The minimum atomic E-state index is -0.865. The zero-order chi connectivity index (χ0) is 17.6. The molecule has 2 amide bonds. The second kappa shape index (κ2) is 8.78. The first-order valence-electron chi connectivity index (χ1n) is 8.90. The maximum absolute atomic E-state index is 12.3. The molecule has 2 aliphatic rings. The van der Waals surface area contributed by atoms with Gasteiger partial charge in [0.05, 0.1) is 18.6 Å². The lowest BCUT2D eigenvalue weighted by Crippen LogP contribution is -2.52. The van der Waals surface area contributed by atoms with E-state index < -0.39 is 5.60 Å². The summed E-state index contributed by atoms with van der Waals surface area (Å²) in [6.07, 6.45) is 3.06. The monoisotopic (exact) mass is 341 g/mol. The predicted octanol–water partition coefficient (Wildman–Crippen LogP) is -0.166.